The van der Waals surface area contributed by atoms with Crippen molar-refractivity contribution in [2.24, 2.45) is 0 Å². The monoisotopic (exact) mass is 1070 g/mol. The number of benzene rings is 8. The Balaban J connectivity index is 1.07. The van der Waals surface area contributed by atoms with Gasteiger partial charge in [0.25, 0.3) is 6.71 Å². The molecular weight excluding hydrogens is 988 g/mol. The zero-order valence-corrected chi connectivity index (χ0v) is 51.1. The highest BCUT2D eigenvalue weighted by atomic mass is 15.3. The van der Waals surface area contributed by atoms with E-state index < -0.39 is 0 Å². The molecule has 4 aliphatic heterocycles. The fourth-order valence-electron chi connectivity index (χ4n) is 17.9. The first-order chi connectivity index (χ1) is 39.0. The lowest BCUT2D eigenvalue weighted by atomic mass is 9.32. The van der Waals surface area contributed by atoms with Gasteiger partial charge in [-0.05, 0) is 211 Å². The van der Waals surface area contributed by atoms with E-state index in [2.05, 4.69) is 252 Å². The summed E-state index contributed by atoms with van der Waals surface area (Å²) in [6, 6.07) is 56.8. The Morgan fingerprint density at radius 3 is 1.82 bits per heavy atom. The molecule has 0 bridgehead atoms. The predicted molar refractivity (Wildman–Crippen MR) is 351 cm³/mol. The molecule has 4 aliphatic carbocycles. The summed E-state index contributed by atoms with van der Waals surface area (Å²) in [5.74, 6) is 0. The minimum absolute atomic E-state index is 0.0110. The first kappa shape index (κ1) is 51.0. The quantitative estimate of drug-likeness (QED) is 0.163. The van der Waals surface area contributed by atoms with Crippen molar-refractivity contribution in [2.75, 3.05) is 14.7 Å². The highest BCUT2D eigenvalue weighted by molar-refractivity contribution is 7.00. The first-order valence-electron chi connectivity index (χ1n) is 31.4. The number of anilines is 8. The summed E-state index contributed by atoms with van der Waals surface area (Å²) in [7, 11) is 2.42. The fraction of sp³-hybridized carbons (Fsp3) is 0.377. The van der Waals surface area contributed by atoms with E-state index in [0.29, 0.717) is 0 Å². The standard InChI is InChI=1S/C77H80B2N3/c1-71(2,3)47-27-31-62-58(40-47)76(12)33-18-19-34-77(76,13)82(62)49-42-66-70-67(43-49)81(63-26-20-25-60-68(63)52-23-16-17-24-59(52)78-60)64-32-29-51-50-22-15-14-21-46(50)39-53(51)69(64)79(70)61-44-56-57(75(10,11)38-37-74(56,8)9)45-65(61)80(66)48-28-30-54-55(41-48)73(6,7)36-35-72(54,4)5/h14-17,20-32,40-45H,18-19,33-39H2,1-13H3. The molecule has 3 nitrogen and oxygen atoms in total. The Morgan fingerprint density at radius 1 is 0.439 bits per heavy atom. The maximum atomic E-state index is 2.88. The maximum absolute atomic E-state index is 2.88. The van der Waals surface area contributed by atoms with Crippen molar-refractivity contribution in [3.05, 3.63) is 184 Å². The number of fused-ring (bicyclic) bond motifs is 16. The molecule has 4 heterocycles. The molecule has 409 valence electrons. The van der Waals surface area contributed by atoms with Crippen LogP contribution in [0.15, 0.2) is 140 Å². The molecule has 8 aliphatic rings. The molecule has 0 aromatic heterocycles. The van der Waals surface area contributed by atoms with E-state index in [4.69, 9.17) is 0 Å². The minimum atomic E-state index is -0.163. The van der Waals surface area contributed by atoms with E-state index in [9.17, 15) is 0 Å². The molecule has 8 aromatic carbocycles. The Bertz CT molecular complexity index is 4130. The van der Waals surface area contributed by atoms with Gasteiger partial charge in [0.05, 0.1) is 11.2 Å². The largest absolute Gasteiger partial charge is 0.334 e. The maximum Gasteiger partial charge on any atom is 0.252 e. The fourth-order valence-corrected chi connectivity index (χ4v) is 17.9. The summed E-state index contributed by atoms with van der Waals surface area (Å²) in [4.78, 5) is 8.48. The smallest absolute Gasteiger partial charge is 0.252 e. The van der Waals surface area contributed by atoms with Gasteiger partial charge in [0.2, 0.25) is 0 Å². The van der Waals surface area contributed by atoms with Gasteiger partial charge in [-0.1, -0.05) is 198 Å². The molecular formula is C77H80B2N3. The van der Waals surface area contributed by atoms with Gasteiger partial charge in [0.15, 0.2) is 7.28 Å². The summed E-state index contributed by atoms with van der Waals surface area (Å²) in [5, 5.41) is 0. The van der Waals surface area contributed by atoms with Crippen molar-refractivity contribution in [3.8, 4) is 22.3 Å². The zero-order chi connectivity index (χ0) is 56.6. The Labute approximate surface area is 490 Å². The van der Waals surface area contributed by atoms with Crippen LogP contribution in [0.25, 0.3) is 22.3 Å². The highest BCUT2D eigenvalue weighted by Crippen LogP contribution is 2.63. The molecule has 8 aromatic rings. The van der Waals surface area contributed by atoms with Gasteiger partial charge >= 0.3 is 0 Å². The molecule has 1 fully saturated rings. The SMILES string of the molecule is CC(C)(C)c1ccc2c(c1)C1(C)CCCCC1(C)N2c1cc2c3c(c1)N(c1cccc4c1-c1ccccc1[B]4)c1ccc4c(c1B3c1cc3c(cc1N2c1ccc2c(c1)C(C)(C)CCC2(C)C)C(C)(C)CCC3(C)C)Cc1ccccc1-4. The van der Waals surface area contributed by atoms with Crippen molar-refractivity contribution in [3.63, 3.8) is 0 Å². The molecule has 1 saturated carbocycles. The number of rotatable bonds is 3. The van der Waals surface area contributed by atoms with Crippen LogP contribution in [0.1, 0.15) is 186 Å². The summed E-state index contributed by atoms with van der Waals surface area (Å²) in [6.07, 6.45) is 10.4. The first-order valence-corrected chi connectivity index (χ1v) is 31.4. The third-order valence-electron chi connectivity index (χ3n) is 23.2. The topological polar surface area (TPSA) is 9.72 Å². The lowest BCUT2D eigenvalue weighted by molar-refractivity contribution is 0.195. The molecule has 0 N–H and O–H groups in total. The molecule has 16 rings (SSSR count). The van der Waals surface area contributed by atoms with Gasteiger partial charge in [-0.15, -0.1) is 0 Å². The number of hydrogen-bond acceptors (Lipinski definition) is 3. The predicted octanol–water partition coefficient (Wildman–Crippen LogP) is 16.7. The second-order valence-corrected chi connectivity index (χ2v) is 30.7. The van der Waals surface area contributed by atoms with E-state index in [-0.39, 0.29) is 44.7 Å². The van der Waals surface area contributed by atoms with Crippen LogP contribution in [0, 0.1) is 0 Å². The molecule has 82 heavy (non-hydrogen) atoms. The van der Waals surface area contributed by atoms with Crippen molar-refractivity contribution in [2.45, 2.75) is 186 Å². The zero-order valence-electron chi connectivity index (χ0n) is 51.1. The van der Waals surface area contributed by atoms with Crippen molar-refractivity contribution in [1.29, 1.82) is 0 Å². The summed E-state index contributed by atoms with van der Waals surface area (Å²) < 4.78 is 0. The van der Waals surface area contributed by atoms with Crippen LogP contribution < -0.4 is 42.0 Å². The van der Waals surface area contributed by atoms with Gasteiger partial charge in [-0.3, -0.25) is 0 Å². The van der Waals surface area contributed by atoms with Gasteiger partial charge in [-0.25, -0.2) is 0 Å². The average molecular weight is 1070 g/mol. The Hall–Kier alpha value is -6.71. The third-order valence-corrected chi connectivity index (χ3v) is 23.2. The summed E-state index contributed by atoms with van der Waals surface area (Å²) >= 11 is 0. The van der Waals surface area contributed by atoms with E-state index in [1.165, 1.54) is 178 Å². The Morgan fingerprint density at radius 2 is 1.07 bits per heavy atom. The van der Waals surface area contributed by atoms with Crippen LogP contribution in [-0.2, 0) is 38.9 Å². The second-order valence-electron chi connectivity index (χ2n) is 30.7. The van der Waals surface area contributed by atoms with Crippen LogP contribution in [0.3, 0.4) is 0 Å². The summed E-state index contributed by atoms with van der Waals surface area (Å²) in [6.45, 7) is 32.5. The van der Waals surface area contributed by atoms with Gasteiger partial charge in [0, 0.05) is 45.2 Å². The van der Waals surface area contributed by atoms with Crippen molar-refractivity contribution < 1.29 is 0 Å². The van der Waals surface area contributed by atoms with Crippen LogP contribution in [0.5, 0.6) is 0 Å². The van der Waals surface area contributed by atoms with Gasteiger partial charge in [-0.2, -0.15) is 0 Å². The van der Waals surface area contributed by atoms with Crippen LogP contribution in [0.2, 0.25) is 0 Å². The lowest BCUT2D eigenvalue weighted by Crippen LogP contribution is -2.63. The van der Waals surface area contributed by atoms with Crippen LogP contribution in [0.4, 0.5) is 45.5 Å². The Kier molecular flexibility index (Phi) is 10.3. The average Bonchev–Trinajstić information content (AvgIpc) is 1.17. The van der Waals surface area contributed by atoms with Gasteiger partial charge < -0.3 is 14.7 Å². The number of hydrogen-bond donors (Lipinski definition) is 0. The highest BCUT2D eigenvalue weighted by Gasteiger charge is 2.59. The normalized spacial score (nSPS) is 22.7. The molecule has 0 saturated heterocycles. The molecule has 0 spiro atoms. The molecule has 2 atom stereocenters. The van der Waals surface area contributed by atoms with E-state index in [1.54, 1.807) is 0 Å². The minimum Gasteiger partial charge on any atom is -0.334 e. The molecule has 5 heteroatoms. The molecule has 1 radical (unpaired) electrons. The van der Waals surface area contributed by atoms with Crippen LogP contribution >= 0.6 is 0 Å². The second kappa shape index (κ2) is 16.5. The van der Waals surface area contributed by atoms with E-state index >= 15 is 0 Å². The van der Waals surface area contributed by atoms with E-state index in [0.717, 1.165) is 19.3 Å². The third kappa shape index (κ3) is 6.75. The van der Waals surface area contributed by atoms with Crippen molar-refractivity contribution in [1.82, 2.24) is 0 Å². The number of nitrogens with zero attached hydrogens (tertiary/aromatic N) is 3. The lowest BCUT2D eigenvalue weighted by Gasteiger charge is -2.51. The van der Waals surface area contributed by atoms with E-state index in [1.807, 2.05) is 0 Å². The van der Waals surface area contributed by atoms with Gasteiger partial charge in [0.1, 0.15) is 0 Å². The van der Waals surface area contributed by atoms with Crippen molar-refractivity contribution >= 4 is 86.8 Å². The summed E-state index contributed by atoms with van der Waals surface area (Å²) in [5.41, 5.74) is 34.7. The van der Waals surface area contributed by atoms with Crippen LogP contribution in [-0.4, -0.2) is 19.5 Å². The molecule has 2 unspecified atom stereocenters. The molecule has 0 amide bonds.